The van der Waals surface area contributed by atoms with Gasteiger partial charge in [0.1, 0.15) is 0 Å². The molecule has 21 heavy (non-hydrogen) atoms. The number of rotatable bonds is 5. The maximum absolute atomic E-state index is 11.9. The molecule has 1 heterocycles. The van der Waals surface area contributed by atoms with Crippen molar-refractivity contribution < 1.29 is 19.8 Å². The molecule has 0 aliphatic carbocycles. The van der Waals surface area contributed by atoms with Crippen molar-refractivity contribution >= 4 is 17.6 Å². The zero-order valence-electron chi connectivity index (χ0n) is 12.5. The predicted molar refractivity (Wildman–Crippen MR) is 79.1 cm³/mol. The lowest BCUT2D eigenvalue weighted by molar-refractivity contribution is -0.138. The van der Waals surface area contributed by atoms with Crippen molar-refractivity contribution in [1.29, 1.82) is 0 Å². The van der Waals surface area contributed by atoms with Gasteiger partial charge in [-0.1, -0.05) is 19.1 Å². The molecule has 5 heteroatoms. The Kier molecular flexibility index (Phi) is 4.05. The fraction of sp³-hybridized carbons (Fsp3) is 0.500. The van der Waals surface area contributed by atoms with E-state index in [0.717, 1.165) is 16.8 Å². The molecule has 1 aliphatic heterocycles. The van der Waals surface area contributed by atoms with Crippen molar-refractivity contribution in [1.82, 2.24) is 0 Å². The summed E-state index contributed by atoms with van der Waals surface area (Å²) in [6, 6.07) is 5.41. The van der Waals surface area contributed by atoms with Gasteiger partial charge in [-0.05, 0) is 43.4 Å². The summed E-state index contributed by atoms with van der Waals surface area (Å²) in [4.78, 5) is 22.6. The molecular formula is C16H21NO4. The van der Waals surface area contributed by atoms with Crippen LogP contribution < -0.4 is 5.32 Å². The van der Waals surface area contributed by atoms with Crippen LogP contribution in [0.25, 0.3) is 0 Å². The molecule has 1 aliphatic rings. The Labute approximate surface area is 124 Å². The Balaban J connectivity index is 2.18. The van der Waals surface area contributed by atoms with Gasteiger partial charge in [-0.25, -0.2) is 0 Å². The minimum Gasteiger partial charge on any atom is -0.481 e. The first kappa shape index (κ1) is 15.5. The van der Waals surface area contributed by atoms with Gasteiger partial charge >= 0.3 is 5.97 Å². The van der Waals surface area contributed by atoms with Gasteiger partial charge in [0, 0.05) is 12.1 Å². The maximum atomic E-state index is 11.9. The van der Waals surface area contributed by atoms with E-state index in [0.29, 0.717) is 6.42 Å². The highest BCUT2D eigenvalue weighted by Gasteiger charge is 2.38. The van der Waals surface area contributed by atoms with E-state index in [1.807, 2.05) is 19.9 Å². The third-order valence-corrected chi connectivity index (χ3v) is 4.07. The minimum absolute atomic E-state index is 0.0353. The Morgan fingerprint density at radius 1 is 1.38 bits per heavy atom. The lowest BCUT2D eigenvalue weighted by atomic mass is 9.84. The molecule has 0 saturated heterocycles. The van der Waals surface area contributed by atoms with E-state index in [4.69, 9.17) is 5.11 Å². The van der Waals surface area contributed by atoms with Crippen molar-refractivity contribution in [3.8, 4) is 0 Å². The third kappa shape index (κ3) is 3.08. The number of carboxylic acid groups (broad SMARTS) is 1. The normalized spacial score (nSPS) is 18.8. The first-order valence-corrected chi connectivity index (χ1v) is 7.07. The molecule has 1 aromatic carbocycles. The van der Waals surface area contributed by atoms with Crippen LogP contribution in [0.5, 0.6) is 0 Å². The molecular weight excluding hydrogens is 270 g/mol. The van der Waals surface area contributed by atoms with E-state index in [1.165, 1.54) is 0 Å². The van der Waals surface area contributed by atoms with Gasteiger partial charge in [0.25, 0.3) is 0 Å². The van der Waals surface area contributed by atoms with Crippen molar-refractivity contribution in [2.24, 2.45) is 5.92 Å². The predicted octanol–water partition coefficient (Wildman–Crippen LogP) is 2.45. The second-order valence-electron chi connectivity index (χ2n) is 6.34. The highest BCUT2D eigenvalue weighted by Crippen LogP contribution is 2.39. The maximum Gasteiger partial charge on any atom is 0.303 e. The zero-order chi connectivity index (χ0) is 15.8. The molecule has 0 saturated carbocycles. The van der Waals surface area contributed by atoms with E-state index < -0.39 is 17.5 Å². The summed E-state index contributed by atoms with van der Waals surface area (Å²) in [5.41, 5.74) is 1.75. The quantitative estimate of drug-likeness (QED) is 0.777. The van der Waals surface area contributed by atoms with Crippen LogP contribution in [0.15, 0.2) is 18.2 Å². The summed E-state index contributed by atoms with van der Waals surface area (Å²) in [6.45, 7) is 5.49. The number of hydrogen-bond acceptors (Lipinski definition) is 3. The topological polar surface area (TPSA) is 86.6 Å². The van der Waals surface area contributed by atoms with E-state index in [-0.39, 0.29) is 18.2 Å². The lowest BCUT2D eigenvalue weighted by Crippen LogP contribution is -2.26. The van der Waals surface area contributed by atoms with Crippen molar-refractivity contribution in [3.05, 3.63) is 29.3 Å². The number of aliphatic hydroxyl groups is 1. The number of carboxylic acids is 1. The number of benzene rings is 1. The fourth-order valence-corrected chi connectivity index (χ4v) is 2.69. The van der Waals surface area contributed by atoms with Gasteiger partial charge < -0.3 is 15.5 Å². The molecule has 0 spiro atoms. The number of carbonyl (C=O) groups excluding carboxylic acids is 1. The summed E-state index contributed by atoms with van der Waals surface area (Å²) in [5.74, 6) is -1.03. The molecule has 5 nitrogen and oxygen atoms in total. The summed E-state index contributed by atoms with van der Waals surface area (Å²) >= 11 is 0. The average molecular weight is 291 g/mol. The molecule has 0 aromatic heterocycles. The van der Waals surface area contributed by atoms with E-state index >= 15 is 0 Å². The summed E-state index contributed by atoms with van der Waals surface area (Å²) in [5, 5.41) is 21.9. The highest BCUT2D eigenvalue weighted by atomic mass is 16.4. The molecule has 0 fully saturated rings. The monoisotopic (exact) mass is 291 g/mol. The van der Waals surface area contributed by atoms with Gasteiger partial charge in [-0.2, -0.15) is 0 Å². The standard InChI is InChI=1S/C16H21NO4/c1-9(7-14(19)20)6-13(18)10-4-5-12-11(8-10)16(2,3)15(21)17-12/h4-5,8-9,13,18H,6-7H2,1-3H3,(H,17,21)(H,19,20). The van der Waals surface area contributed by atoms with Crippen LogP contribution in [0.4, 0.5) is 5.69 Å². The van der Waals surface area contributed by atoms with Crippen molar-refractivity contribution in [2.75, 3.05) is 5.32 Å². The average Bonchev–Trinajstić information content (AvgIpc) is 2.59. The molecule has 2 atom stereocenters. The van der Waals surface area contributed by atoms with E-state index in [1.54, 1.807) is 19.1 Å². The zero-order valence-corrected chi connectivity index (χ0v) is 12.5. The lowest BCUT2D eigenvalue weighted by Gasteiger charge is -2.19. The molecule has 1 aromatic rings. The smallest absolute Gasteiger partial charge is 0.303 e. The van der Waals surface area contributed by atoms with Crippen LogP contribution in [0.1, 0.15) is 50.8 Å². The van der Waals surface area contributed by atoms with Gasteiger partial charge in [-0.15, -0.1) is 0 Å². The van der Waals surface area contributed by atoms with E-state index in [2.05, 4.69) is 5.32 Å². The van der Waals surface area contributed by atoms with Crippen LogP contribution in [-0.2, 0) is 15.0 Å². The number of hydrogen-bond donors (Lipinski definition) is 3. The van der Waals surface area contributed by atoms with Crippen LogP contribution in [0.3, 0.4) is 0 Å². The van der Waals surface area contributed by atoms with Crippen LogP contribution in [0.2, 0.25) is 0 Å². The molecule has 2 unspecified atom stereocenters. The fourth-order valence-electron chi connectivity index (χ4n) is 2.69. The molecule has 2 rings (SSSR count). The first-order chi connectivity index (χ1) is 9.71. The molecule has 1 amide bonds. The minimum atomic E-state index is -0.861. The number of carbonyl (C=O) groups is 2. The molecule has 0 radical (unpaired) electrons. The van der Waals surface area contributed by atoms with Crippen molar-refractivity contribution in [3.63, 3.8) is 0 Å². The van der Waals surface area contributed by atoms with Gasteiger partial charge in [0.05, 0.1) is 11.5 Å². The van der Waals surface area contributed by atoms with Gasteiger partial charge in [-0.3, -0.25) is 9.59 Å². The number of aliphatic carboxylic acids is 1. The molecule has 0 bridgehead atoms. The number of amides is 1. The second kappa shape index (κ2) is 5.48. The van der Waals surface area contributed by atoms with Crippen LogP contribution in [0, 0.1) is 5.92 Å². The van der Waals surface area contributed by atoms with Gasteiger partial charge in [0.2, 0.25) is 5.91 Å². The highest BCUT2D eigenvalue weighted by molar-refractivity contribution is 6.05. The number of aliphatic hydroxyl groups excluding tert-OH is 1. The molecule has 114 valence electrons. The van der Waals surface area contributed by atoms with E-state index in [9.17, 15) is 14.7 Å². The summed E-state index contributed by atoms with van der Waals surface area (Å²) < 4.78 is 0. The number of fused-ring (bicyclic) bond motifs is 1. The number of nitrogens with one attached hydrogen (secondary N) is 1. The Bertz CT molecular complexity index is 580. The Morgan fingerprint density at radius 3 is 2.67 bits per heavy atom. The third-order valence-electron chi connectivity index (χ3n) is 4.07. The Morgan fingerprint density at radius 2 is 2.05 bits per heavy atom. The second-order valence-corrected chi connectivity index (χ2v) is 6.34. The largest absolute Gasteiger partial charge is 0.481 e. The van der Waals surface area contributed by atoms with Crippen LogP contribution in [-0.4, -0.2) is 22.1 Å². The summed E-state index contributed by atoms with van der Waals surface area (Å²) in [6.07, 6.45) is -0.309. The Hall–Kier alpha value is -1.88. The van der Waals surface area contributed by atoms with Crippen molar-refractivity contribution in [2.45, 2.75) is 45.1 Å². The first-order valence-electron chi connectivity index (χ1n) is 7.07. The van der Waals surface area contributed by atoms with Crippen LogP contribution >= 0.6 is 0 Å². The molecule has 3 N–H and O–H groups in total. The van der Waals surface area contributed by atoms with Gasteiger partial charge in [0.15, 0.2) is 0 Å². The SMILES string of the molecule is CC(CC(=O)O)CC(O)c1ccc2c(c1)C(C)(C)C(=O)N2. The summed E-state index contributed by atoms with van der Waals surface area (Å²) in [7, 11) is 0. The number of anilines is 1.